The van der Waals surface area contributed by atoms with Gasteiger partial charge in [-0.05, 0) is 35.9 Å². The standard InChI is InChI=1S/C16H11F3N2O3S/c17-16(18,19)24-11-4-1-9(2-5-11)8-20-15-21-12-6-3-10(14(22)23)7-13(12)25-15/h1-7H,8H2,(H,20,21)(H,22,23). The minimum absolute atomic E-state index is 0.183. The van der Waals surface area contributed by atoms with E-state index in [1.807, 2.05) is 0 Å². The van der Waals surface area contributed by atoms with Crippen LogP contribution in [0.25, 0.3) is 10.2 Å². The lowest BCUT2D eigenvalue weighted by Gasteiger charge is -2.09. The summed E-state index contributed by atoms with van der Waals surface area (Å²) in [4.78, 5) is 15.3. The number of thiazole rings is 1. The summed E-state index contributed by atoms with van der Waals surface area (Å²) in [6, 6.07) is 10.2. The van der Waals surface area contributed by atoms with E-state index >= 15 is 0 Å². The van der Waals surface area contributed by atoms with E-state index in [1.165, 1.54) is 41.7 Å². The molecule has 0 spiro atoms. The molecule has 1 aromatic heterocycles. The number of aromatic carboxylic acids is 1. The maximum absolute atomic E-state index is 12.1. The monoisotopic (exact) mass is 368 g/mol. The number of benzene rings is 2. The van der Waals surface area contributed by atoms with E-state index in [2.05, 4.69) is 15.0 Å². The first-order valence-electron chi connectivity index (χ1n) is 7.02. The Bertz CT molecular complexity index is 907. The van der Waals surface area contributed by atoms with E-state index in [1.54, 1.807) is 12.1 Å². The van der Waals surface area contributed by atoms with Crippen molar-refractivity contribution in [1.82, 2.24) is 4.98 Å². The molecule has 9 heteroatoms. The summed E-state index contributed by atoms with van der Waals surface area (Å²) in [5.41, 5.74) is 1.61. The van der Waals surface area contributed by atoms with Crippen LogP contribution in [0.5, 0.6) is 5.75 Å². The van der Waals surface area contributed by atoms with E-state index in [9.17, 15) is 18.0 Å². The zero-order valence-electron chi connectivity index (χ0n) is 12.5. The number of fused-ring (bicyclic) bond motifs is 1. The summed E-state index contributed by atoms with van der Waals surface area (Å²) in [7, 11) is 0. The van der Waals surface area contributed by atoms with Gasteiger partial charge in [-0.2, -0.15) is 0 Å². The first kappa shape index (κ1) is 17.0. The molecule has 3 aromatic rings. The number of carboxylic acid groups (broad SMARTS) is 1. The molecule has 0 saturated heterocycles. The van der Waals surface area contributed by atoms with Crippen LogP contribution in [0, 0.1) is 0 Å². The zero-order chi connectivity index (χ0) is 18.0. The smallest absolute Gasteiger partial charge is 0.478 e. The topological polar surface area (TPSA) is 71.5 Å². The van der Waals surface area contributed by atoms with Gasteiger partial charge in [-0.15, -0.1) is 13.2 Å². The van der Waals surface area contributed by atoms with Crippen molar-refractivity contribution in [1.29, 1.82) is 0 Å². The predicted octanol–water partition coefficient (Wildman–Crippen LogP) is 4.51. The highest BCUT2D eigenvalue weighted by atomic mass is 32.1. The van der Waals surface area contributed by atoms with E-state index in [-0.39, 0.29) is 11.3 Å². The van der Waals surface area contributed by atoms with Crippen LogP contribution in [0.2, 0.25) is 0 Å². The van der Waals surface area contributed by atoms with Crippen LogP contribution >= 0.6 is 11.3 Å². The third-order valence-electron chi connectivity index (χ3n) is 3.24. The van der Waals surface area contributed by atoms with Gasteiger partial charge in [0.2, 0.25) is 0 Å². The summed E-state index contributed by atoms with van der Waals surface area (Å²) < 4.78 is 40.9. The van der Waals surface area contributed by atoms with Gasteiger partial charge in [0.05, 0.1) is 15.8 Å². The Kier molecular flexibility index (Phi) is 4.49. The molecule has 0 unspecified atom stereocenters. The minimum Gasteiger partial charge on any atom is -0.478 e. The molecule has 130 valence electrons. The average molecular weight is 368 g/mol. The molecule has 25 heavy (non-hydrogen) atoms. The molecule has 0 aliphatic carbocycles. The van der Waals surface area contributed by atoms with Crippen molar-refractivity contribution in [2.75, 3.05) is 5.32 Å². The van der Waals surface area contributed by atoms with Crippen LogP contribution in [0.4, 0.5) is 18.3 Å². The van der Waals surface area contributed by atoms with Gasteiger partial charge in [0.15, 0.2) is 5.13 Å². The first-order valence-corrected chi connectivity index (χ1v) is 7.84. The Morgan fingerprint density at radius 3 is 2.56 bits per heavy atom. The lowest BCUT2D eigenvalue weighted by atomic mass is 10.2. The van der Waals surface area contributed by atoms with Crippen molar-refractivity contribution in [3.05, 3.63) is 53.6 Å². The van der Waals surface area contributed by atoms with Gasteiger partial charge in [0.25, 0.3) is 0 Å². The second-order valence-electron chi connectivity index (χ2n) is 5.05. The number of hydrogen-bond donors (Lipinski definition) is 2. The predicted molar refractivity (Wildman–Crippen MR) is 87.0 cm³/mol. The Morgan fingerprint density at radius 2 is 1.92 bits per heavy atom. The molecule has 0 bridgehead atoms. The van der Waals surface area contributed by atoms with Crippen molar-refractivity contribution in [3.63, 3.8) is 0 Å². The lowest BCUT2D eigenvalue weighted by molar-refractivity contribution is -0.274. The van der Waals surface area contributed by atoms with E-state index in [4.69, 9.17) is 5.11 Å². The molecule has 1 heterocycles. The number of anilines is 1. The molecular formula is C16H11F3N2O3S. The van der Waals surface area contributed by atoms with Crippen LogP contribution in [0.3, 0.4) is 0 Å². The molecule has 5 nitrogen and oxygen atoms in total. The number of carboxylic acids is 1. The summed E-state index contributed by atoms with van der Waals surface area (Å²) in [5, 5.41) is 12.6. The van der Waals surface area contributed by atoms with Crippen LogP contribution in [0.1, 0.15) is 15.9 Å². The molecule has 3 rings (SSSR count). The fraction of sp³-hybridized carbons (Fsp3) is 0.125. The maximum Gasteiger partial charge on any atom is 0.573 e. The summed E-state index contributed by atoms with van der Waals surface area (Å²) in [6.45, 7) is 0.359. The van der Waals surface area contributed by atoms with Gasteiger partial charge in [0, 0.05) is 6.54 Å². The van der Waals surface area contributed by atoms with E-state index < -0.39 is 12.3 Å². The Morgan fingerprint density at radius 1 is 1.20 bits per heavy atom. The van der Waals surface area contributed by atoms with Crippen LogP contribution in [0.15, 0.2) is 42.5 Å². The zero-order valence-corrected chi connectivity index (χ0v) is 13.3. The number of nitrogens with one attached hydrogen (secondary N) is 1. The maximum atomic E-state index is 12.1. The van der Waals surface area contributed by atoms with E-state index in [0.717, 1.165) is 10.3 Å². The molecule has 0 radical (unpaired) electrons. The van der Waals surface area contributed by atoms with Crippen molar-refractivity contribution < 1.29 is 27.8 Å². The van der Waals surface area contributed by atoms with Gasteiger partial charge in [-0.25, -0.2) is 9.78 Å². The molecule has 2 aromatic carbocycles. The summed E-state index contributed by atoms with van der Waals surface area (Å²) in [5.74, 6) is -1.29. The Balaban J connectivity index is 1.67. The minimum atomic E-state index is -4.71. The van der Waals surface area contributed by atoms with Gasteiger partial charge < -0.3 is 15.2 Å². The van der Waals surface area contributed by atoms with Gasteiger partial charge in [-0.3, -0.25) is 0 Å². The number of hydrogen-bond acceptors (Lipinski definition) is 5. The highest BCUT2D eigenvalue weighted by molar-refractivity contribution is 7.22. The fourth-order valence-corrected chi connectivity index (χ4v) is 3.02. The molecule has 2 N–H and O–H groups in total. The lowest BCUT2D eigenvalue weighted by Crippen LogP contribution is -2.17. The number of alkyl halides is 3. The molecule has 0 aliphatic rings. The number of ether oxygens (including phenoxy) is 1. The highest BCUT2D eigenvalue weighted by Crippen LogP contribution is 2.28. The molecule has 0 amide bonds. The molecule has 0 atom stereocenters. The molecule has 0 saturated carbocycles. The third kappa shape index (κ3) is 4.38. The number of halogens is 3. The Labute approximate surface area is 143 Å². The van der Waals surface area contributed by atoms with Crippen molar-refractivity contribution in [2.45, 2.75) is 12.9 Å². The second-order valence-corrected chi connectivity index (χ2v) is 6.08. The number of nitrogens with zero attached hydrogens (tertiary/aromatic N) is 1. The summed E-state index contributed by atoms with van der Waals surface area (Å²) >= 11 is 1.30. The van der Waals surface area contributed by atoms with Gasteiger partial charge >= 0.3 is 12.3 Å². The summed E-state index contributed by atoms with van der Waals surface area (Å²) in [6.07, 6.45) is -4.71. The van der Waals surface area contributed by atoms with Crippen molar-refractivity contribution >= 4 is 32.7 Å². The fourth-order valence-electron chi connectivity index (χ4n) is 2.12. The third-order valence-corrected chi connectivity index (χ3v) is 4.21. The van der Waals surface area contributed by atoms with Crippen molar-refractivity contribution in [3.8, 4) is 5.75 Å². The molecule has 0 fully saturated rings. The highest BCUT2D eigenvalue weighted by Gasteiger charge is 2.30. The van der Waals surface area contributed by atoms with Crippen LogP contribution < -0.4 is 10.1 Å². The first-order chi connectivity index (χ1) is 11.8. The molecular weight excluding hydrogens is 357 g/mol. The number of carbonyl (C=O) groups is 1. The normalized spacial score (nSPS) is 11.5. The molecule has 0 aliphatic heterocycles. The van der Waals surface area contributed by atoms with Gasteiger partial charge in [0.1, 0.15) is 5.75 Å². The van der Waals surface area contributed by atoms with Gasteiger partial charge in [-0.1, -0.05) is 23.5 Å². The SMILES string of the molecule is O=C(O)c1ccc2nc(NCc3ccc(OC(F)(F)F)cc3)sc2c1. The second kappa shape index (κ2) is 6.60. The quantitative estimate of drug-likeness (QED) is 0.694. The van der Waals surface area contributed by atoms with E-state index in [0.29, 0.717) is 17.2 Å². The average Bonchev–Trinajstić information content (AvgIpc) is 2.94. The number of aromatic nitrogens is 1. The van der Waals surface area contributed by atoms with Crippen LogP contribution in [-0.2, 0) is 6.54 Å². The Hall–Kier alpha value is -2.81. The van der Waals surface area contributed by atoms with Crippen LogP contribution in [-0.4, -0.2) is 22.4 Å². The largest absolute Gasteiger partial charge is 0.573 e. The van der Waals surface area contributed by atoms with Crippen molar-refractivity contribution in [2.24, 2.45) is 0 Å². The number of rotatable bonds is 5.